The van der Waals surface area contributed by atoms with Crippen LogP contribution >= 0.6 is 0 Å². The van der Waals surface area contributed by atoms with Gasteiger partial charge in [-0.15, -0.1) is 0 Å². The number of aromatic nitrogens is 1. The van der Waals surface area contributed by atoms with Crippen LogP contribution < -0.4 is 5.32 Å². The number of hydrogen-bond acceptors (Lipinski definition) is 2. The van der Waals surface area contributed by atoms with Crippen molar-refractivity contribution in [1.82, 2.24) is 10.3 Å². The first kappa shape index (κ1) is 18.9. The van der Waals surface area contributed by atoms with Gasteiger partial charge in [0, 0.05) is 17.5 Å². The van der Waals surface area contributed by atoms with Crippen molar-refractivity contribution in [2.24, 2.45) is 0 Å². The summed E-state index contributed by atoms with van der Waals surface area (Å²) >= 11 is 0. The van der Waals surface area contributed by atoms with Gasteiger partial charge in [-0.05, 0) is 43.0 Å². The third-order valence-electron chi connectivity index (χ3n) is 5.15. The van der Waals surface area contributed by atoms with E-state index in [2.05, 4.69) is 30.4 Å². The maximum absolute atomic E-state index is 13.0. The Morgan fingerprint density at radius 2 is 1.62 bits per heavy atom. The van der Waals surface area contributed by atoms with Gasteiger partial charge in [0.25, 0.3) is 5.91 Å². The number of nitrogens with zero attached hydrogens (tertiary/aromatic N) is 1. The predicted molar refractivity (Wildman–Crippen MR) is 119 cm³/mol. The van der Waals surface area contributed by atoms with Crippen molar-refractivity contribution >= 4 is 16.8 Å². The van der Waals surface area contributed by atoms with Crippen LogP contribution in [0.4, 0.5) is 0 Å². The number of nitrogens with one attached hydrogen (secondary N) is 1. The van der Waals surface area contributed by atoms with Gasteiger partial charge in [-0.25, -0.2) is 4.98 Å². The van der Waals surface area contributed by atoms with E-state index in [1.807, 2.05) is 66.7 Å². The second kappa shape index (κ2) is 8.70. The topological polar surface area (TPSA) is 42.0 Å². The molecule has 0 bridgehead atoms. The summed E-state index contributed by atoms with van der Waals surface area (Å²) < 4.78 is 0. The molecule has 0 aliphatic rings. The molecule has 1 N–H and O–H groups in total. The molecule has 4 aromatic rings. The van der Waals surface area contributed by atoms with Gasteiger partial charge in [0.1, 0.15) is 0 Å². The Morgan fingerprint density at radius 1 is 0.897 bits per heavy atom. The minimum atomic E-state index is -0.0495. The van der Waals surface area contributed by atoms with Crippen LogP contribution in [-0.4, -0.2) is 17.4 Å². The lowest BCUT2D eigenvalue weighted by Crippen LogP contribution is -2.25. The normalized spacial score (nSPS) is 10.8. The van der Waals surface area contributed by atoms with E-state index in [1.165, 1.54) is 5.56 Å². The van der Waals surface area contributed by atoms with E-state index < -0.39 is 0 Å². The van der Waals surface area contributed by atoms with Gasteiger partial charge in [-0.1, -0.05) is 72.8 Å². The SMILES string of the molecule is Cc1ccccc1-c1cc(C(=O)NCCCc2ccccc2)c2ccccc2n1. The highest BCUT2D eigenvalue weighted by atomic mass is 16.1. The molecule has 4 rings (SSSR count). The third-order valence-corrected chi connectivity index (χ3v) is 5.15. The zero-order valence-electron chi connectivity index (χ0n) is 16.6. The summed E-state index contributed by atoms with van der Waals surface area (Å²) in [4.78, 5) is 17.8. The van der Waals surface area contributed by atoms with Crippen LogP contribution in [0.1, 0.15) is 27.9 Å². The summed E-state index contributed by atoms with van der Waals surface area (Å²) in [6.45, 7) is 2.71. The van der Waals surface area contributed by atoms with Gasteiger partial charge >= 0.3 is 0 Å². The van der Waals surface area contributed by atoms with Crippen LogP contribution in [0.3, 0.4) is 0 Å². The lowest BCUT2D eigenvalue weighted by Gasteiger charge is -2.12. The molecule has 29 heavy (non-hydrogen) atoms. The fourth-order valence-corrected chi connectivity index (χ4v) is 3.60. The van der Waals surface area contributed by atoms with Gasteiger partial charge in [0.15, 0.2) is 0 Å². The number of pyridine rings is 1. The Kier molecular flexibility index (Phi) is 5.66. The van der Waals surface area contributed by atoms with Crippen molar-refractivity contribution in [3.05, 3.63) is 102 Å². The van der Waals surface area contributed by atoms with E-state index in [0.29, 0.717) is 12.1 Å². The highest BCUT2D eigenvalue weighted by molar-refractivity contribution is 6.07. The van der Waals surface area contributed by atoms with Crippen LogP contribution in [0, 0.1) is 6.92 Å². The summed E-state index contributed by atoms with van der Waals surface area (Å²) in [7, 11) is 0. The van der Waals surface area contributed by atoms with Crippen LogP contribution in [0.15, 0.2) is 84.9 Å². The summed E-state index contributed by atoms with van der Waals surface area (Å²) in [5.41, 5.74) is 5.83. The Bertz CT molecular complexity index is 1140. The molecule has 0 spiro atoms. The Hall–Kier alpha value is -3.46. The number of aryl methyl sites for hydroxylation is 2. The van der Waals surface area contributed by atoms with Gasteiger partial charge in [0.05, 0.1) is 16.8 Å². The molecule has 1 amide bonds. The molecular formula is C26H24N2O. The number of carbonyl (C=O) groups is 1. The van der Waals surface area contributed by atoms with E-state index in [4.69, 9.17) is 4.98 Å². The van der Waals surface area contributed by atoms with Crippen molar-refractivity contribution in [1.29, 1.82) is 0 Å². The number of benzene rings is 3. The standard InChI is InChI=1S/C26H24N2O/c1-19-10-5-6-14-21(19)25-18-23(22-15-7-8-16-24(22)28-25)26(29)27-17-9-13-20-11-3-2-4-12-20/h2-8,10-12,14-16,18H,9,13,17H2,1H3,(H,27,29). The molecule has 3 heteroatoms. The van der Waals surface area contributed by atoms with Gasteiger partial charge in [-0.2, -0.15) is 0 Å². The molecule has 0 aliphatic heterocycles. The molecule has 1 heterocycles. The van der Waals surface area contributed by atoms with Gasteiger partial charge in [0.2, 0.25) is 0 Å². The van der Waals surface area contributed by atoms with Crippen molar-refractivity contribution < 1.29 is 4.79 Å². The van der Waals surface area contributed by atoms with E-state index in [1.54, 1.807) is 0 Å². The van der Waals surface area contributed by atoms with Crippen LogP contribution in [0.2, 0.25) is 0 Å². The Morgan fingerprint density at radius 3 is 2.45 bits per heavy atom. The summed E-state index contributed by atoms with van der Waals surface area (Å²) in [6, 6.07) is 28.2. The molecule has 0 unspecified atom stereocenters. The maximum atomic E-state index is 13.0. The van der Waals surface area contributed by atoms with Gasteiger partial charge in [-0.3, -0.25) is 4.79 Å². The quantitative estimate of drug-likeness (QED) is 0.444. The molecule has 0 saturated carbocycles. The Labute approximate surface area is 171 Å². The smallest absolute Gasteiger partial charge is 0.252 e. The van der Waals surface area contributed by atoms with Crippen molar-refractivity contribution in [2.45, 2.75) is 19.8 Å². The van der Waals surface area contributed by atoms with Crippen molar-refractivity contribution in [3.63, 3.8) is 0 Å². The number of hydrogen-bond donors (Lipinski definition) is 1. The molecule has 3 nitrogen and oxygen atoms in total. The lowest BCUT2D eigenvalue weighted by atomic mass is 10.0. The molecular weight excluding hydrogens is 356 g/mol. The zero-order valence-corrected chi connectivity index (χ0v) is 16.6. The van der Waals surface area contributed by atoms with E-state index in [0.717, 1.165) is 40.6 Å². The molecule has 0 aliphatic carbocycles. The first-order valence-electron chi connectivity index (χ1n) is 10.0. The fraction of sp³-hybridized carbons (Fsp3) is 0.154. The molecule has 0 fully saturated rings. The van der Waals surface area contributed by atoms with Crippen molar-refractivity contribution in [3.8, 4) is 11.3 Å². The first-order chi connectivity index (χ1) is 14.2. The molecule has 0 saturated heterocycles. The number of rotatable bonds is 6. The first-order valence-corrected chi connectivity index (χ1v) is 10.0. The second-order valence-corrected chi connectivity index (χ2v) is 7.23. The highest BCUT2D eigenvalue weighted by Gasteiger charge is 2.14. The monoisotopic (exact) mass is 380 g/mol. The average molecular weight is 380 g/mol. The number of para-hydroxylation sites is 1. The van der Waals surface area contributed by atoms with E-state index >= 15 is 0 Å². The van der Waals surface area contributed by atoms with E-state index in [-0.39, 0.29) is 5.91 Å². The van der Waals surface area contributed by atoms with E-state index in [9.17, 15) is 4.79 Å². The third kappa shape index (κ3) is 4.35. The van der Waals surface area contributed by atoms with Gasteiger partial charge < -0.3 is 5.32 Å². The summed E-state index contributed by atoms with van der Waals surface area (Å²) in [6.07, 6.45) is 1.86. The number of amides is 1. The zero-order chi connectivity index (χ0) is 20.1. The highest BCUT2D eigenvalue weighted by Crippen LogP contribution is 2.27. The molecule has 0 atom stereocenters. The fourth-order valence-electron chi connectivity index (χ4n) is 3.60. The summed E-state index contributed by atoms with van der Waals surface area (Å²) in [5, 5.41) is 3.97. The molecule has 3 aromatic carbocycles. The minimum Gasteiger partial charge on any atom is -0.352 e. The minimum absolute atomic E-state index is 0.0495. The largest absolute Gasteiger partial charge is 0.352 e. The number of carbonyl (C=O) groups excluding carboxylic acids is 1. The van der Waals surface area contributed by atoms with Crippen molar-refractivity contribution in [2.75, 3.05) is 6.54 Å². The molecule has 144 valence electrons. The maximum Gasteiger partial charge on any atom is 0.252 e. The summed E-state index contributed by atoms with van der Waals surface area (Å²) in [5.74, 6) is -0.0495. The molecule has 1 aromatic heterocycles. The second-order valence-electron chi connectivity index (χ2n) is 7.23. The van der Waals surface area contributed by atoms with Crippen LogP contribution in [0.5, 0.6) is 0 Å². The lowest BCUT2D eigenvalue weighted by molar-refractivity contribution is 0.0955. The van der Waals surface area contributed by atoms with Crippen LogP contribution in [0.25, 0.3) is 22.2 Å². The average Bonchev–Trinajstić information content (AvgIpc) is 2.77. The predicted octanol–water partition coefficient (Wildman–Crippen LogP) is 5.57. The number of fused-ring (bicyclic) bond motifs is 1. The molecule has 0 radical (unpaired) electrons. The van der Waals surface area contributed by atoms with Crippen LogP contribution in [-0.2, 0) is 6.42 Å². The Balaban J connectivity index is 1.57.